The van der Waals surface area contributed by atoms with Crippen LogP contribution in [0.2, 0.25) is 0 Å². The molecule has 0 radical (unpaired) electrons. The standard InChI is InChI=1S/C21H18N2O3/c1-14(16-7-6-15-4-2-3-5-17(15)12-16)22-23-21(24)18-8-9-19-20(13-18)26-11-10-25-19/h2-9,12-13H,10-11H2,1H3,(H,23,24)/b22-14-. The zero-order valence-corrected chi connectivity index (χ0v) is 14.4. The van der Waals surface area contributed by atoms with Crippen LogP contribution < -0.4 is 14.9 Å². The number of hydrogen-bond donors (Lipinski definition) is 1. The van der Waals surface area contributed by atoms with Crippen LogP contribution in [0.3, 0.4) is 0 Å². The highest BCUT2D eigenvalue weighted by molar-refractivity contribution is 6.03. The van der Waals surface area contributed by atoms with E-state index in [4.69, 9.17) is 9.47 Å². The lowest BCUT2D eigenvalue weighted by molar-refractivity contribution is 0.0953. The van der Waals surface area contributed by atoms with Crippen molar-refractivity contribution in [3.63, 3.8) is 0 Å². The minimum atomic E-state index is -0.290. The summed E-state index contributed by atoms with van der Waals surface area (Å²) >= 11 is 0. The van der Waals surface area contributed by atoms with Gasteiger partial charge in [-0.15, -0.1) is 0 Å². The van der Waals surface area contributed by atoms with E-state index in [-0.39, 0.29) is 5.91 Å². The first-order chi connectivity index (χ1) is 12.7. The summed E-state index contributed by atoms with van der Waals surface area (Å²) in [6.45, 7) is 2.87. The van der Waals surface area contributed by atoms with Gasteiger partial charge < -0.3 is 9.47 Å². The number of benzene rings is 3. The Morgan fingerprint density at radius 2 is 1.62 bits per heavy atom. The van der Waals surface area contributed by atoms with Crippen LogP contribution in [0.5, 0.6) is 11.5 Å². The molecule has 26 heavy (non-hydrogen) atoms. The van der Waals surface area contributed by atoms with Crippen molar-refractivity contribution >= 4 is 22.4 Å². The van der Waals surface area contributed by atoms with E-state index in [1.165, 1.54) is 5.39 Å². The molecule has 1 heterocycles. The molecule has 0 aromatic heterocycles. The number of amides is 1. The Morgan fingerprint density at radius 1 is 0.885 bits per heavy atom. The molecular formula is C21H18N2O3. The Balaban J connectivity index is 1.51. The summed E-state index contributed by atoms with van der Waals surface area (Å²) < 4.78 is 11.0. The smallest absolute Gasteiger partial charge is 0.271 e. The SMILES string of the molecule is C/C(=N/NC(=O)c1ccc2c(c1)OCCO2)c1ccc2ccccc2c1. The lowest BCUT2D eigenvalue weighted by Crippen LogP contribution is -2.20. The summed E-state index contributed by atoms with van der Waals surface area (Å²) in [5.74, 6) is 0.949. The molecular weight excluding hydrogens is 328 g/mol. The quantitative estimate of drug-likeness (QED) is 0.580. The van der Waals surface area contributed by atoms with E-state index in [2.05, 4.69) is 28.7 Å². The second-order valence-corrected chi connectivity index (χ2v) is 6.06. The van der Waals surface area contributed by atoms with Crippen molar-refractivity contribution in [2.24, 2.45) is 5.10 Å². The Labute approximate surface area is 151 Å². The highest BCUT2D eigenvalue weighted by Gasteiger charge is 2.14. The van der Waals surface area contributed by atoms with Crippen molar-refractivity contribution in [3.8, 4) is 11.5 Å². The average Bonchev–Trinajstić information content (AvgIpc) is 2.71. The van der Waals surface area contributed by atoms with Crippen molar-refractivity contribution in [1.82, 2.24) is 5.43 Å². The molecule has 0 atom stereocenters. The molecule has 5 heteroatoms. The molecule has 4 rings (SSSR count). The fraction of sp³-hybridized carbons (Fsp3) is 0.143. The van der Waals surface area contributed by atoms with Crippen LogP contribution >= 0.6 is 0 Å². The Hall–Kier alpha value is -3.34. The van der Waals surface area contributed by atoms with E-state index >= 15 is 0 Å². The number of carbonyl (C=O) groups is 1. The van der Waals surface area contributed by atoms with Crippen LogP contribution in [0.15, 0.2) is 65.8 Å². The molecule has 1 N–H and O–H groups in total. The van der Waals surface area contributed by atoms with Gasteiger partial charge >= 0.3 is 0 Å². The molecule has 0 unspecified atom stereocenters. The molecule has 1 amide bonds. The first-order valence-corrected chi connectivity index (χ1v) is 8.44. The second-order valence-electron chi connectivity index (χ2n) is 6.06. The normalized spacial score (nSPS) is 13.5. The molecule has 5 nitrogen and oxygen atoms in total. The van der Waals surface area contributed by atoms with Gasteiger partial charge in [0.15, 0.2) is 11.5 Å². The highest BCUT2D eigenvalue weighted by atomic mass is 16.6. The van der Waals surface area contributed by atoms with Gasteiger partial charge in [-0.1, -0.05) is 36.4 Å². The van der Waals surface area contributed by atoms with Gasteiger partial charge in [0.25, 0.3) is 5.91 Å². The third kappa shape index (κ3) is 3.24. The van der Waals surface area contributed by atoms with Crippen LogP contribution in [0.4, 0.5) is 0 Å². The summed E-state index contributed by atoms with van der Waals surface area (Å²) in [6.07, 6.45) is 0. The number of nitrogens with zero attached hydrogens (tertiary/aromatic N) is 1. The van der Waals surface area contributed by atoms with Crippen LogP contribution in [0.1, 0.15) is 22.8 Å². The summed E-state index contributed by atoms with van der Waals surface area (Å²) in [4.78, 5) is 12.4. The van der Waals surface area contributed by atoms with E-state index < -0.39 is 0 Å². The Kier molecular flexibility index (Phi) is 4.27. The number of hydrazone groups is 1. The summed E-state index contributed by atoms with van der Waals surface area (Å²) in [5.41, 5.74) is 4.78. The largest absolute Gasteiger partial charge is 0.486 e. The molecule has 0 aliphatic carbocycles. The Morgan fingerprint density at radius 3 is 2.46 bits per heavy atom. The minimum absolute atomic E-state index is 0.290. The van der Waals surface area contributed by atoms with Crippen LogP contribution in [0.25, 0.3) is 10.8 Å². The number of rotatable bonds is 3. The van der Waals surface area contributed by atoms with Gasteiger partial charge in [-0.3, -0.25) is 4.79 Å². The molecule has 0 spiro atoms. The fourth-order valence-corrected chi connectivity index (χ4v) is 2.86. The zero-order chi connectivity index (χ0) is 17.9. The Bertz CT molecular complexity index is 1010. The minimum Gasteiger partial charge on any atom is -0.486 e. The summed E-state index contributed by atoms with van der Waals surface area (Å²) in [6, 6.07) is 19.3. The molecule has 130 valence electrons. The van der Waals surface area contributed by atoms with Gasteiger partial charge in [0.2, 0.25) is 0 Å². The molecule has 3 aromatic carbocycles. The molecule has 0 fully saturated rings. The first-order valence-electron chi connectivity index (χ1n) is 8.44. The maximum Gasteiger partial charge on any atom is 0.271 e. The number of carbonyl (C=O) groups excluding carboxylic acids is 1. The second kappa shape index (κ2) is 6.88. The van der Waals surface area contributed by atoms with Gasteiger partial charge in [-0.05, 0) is 47.5 Å². The van der Waals surface area contributed by atoms with Crippen molar-refractivity contribution in [3.05, 3.63) is 71.8 Å². The third-order valence-corrected chi connectivity index (χ3v) is 4.30. The van der Waals surface area contributed by atoms with Gasteiger partial charge in [-0.25, -0.2) is 5.43 Å². The zero-order valence-electron chi connectivity index (χ0n) is 14.4. The lowest BCUT2D eigenvalue weighted by atomic mass is 10.0. The van der Waals surface area contributed by atoms with Crippen molar-refractivity contribution in [1.29, 1.82) is 0 Å². The van der Waals surface area contributed by atoms with E-state index in [9.17, 15) is 4.79 Å². The maximum absolute atomic E-state index is 12.4. The molecule has 1 aliphatic rings. The number of ether oxygens (including phenoxy) is 2. The molecule has 3 aromatic rings. The maximum atomic E-state index is 12.4. The van der Waals surface area contributed by atoms with Gasteiger partial charge in [0.05, 0.1) is 5.71 Å². The van der Waals surface area contributed by atoms with Crippen LogP contribution in [0, 0.1) is 0 Å². The highest BCUT2D eigenvalue weighted by Crippen LogP contribution is 2.30. The summed E-state index contributed by atoms with van der Waals surface area (Å²) in [7, 11) is 0. The molecule has 1 aliphatic heterocycles. The lowest BCUT2D eigenvalue weighted by Gasteiger charge is -2.18. The predicted molar refractivity (Wildman–Crippen MR) is 101 cm³/mol. The molecule has 0 bridgehead atoms. The molecule has 0 saturated carbocycles. The monoisotopic (exact) mass is 346 g/mol. The summed E-state index contributed by atoms with van der Waals surface area (Å²) in [5, 5.41) is 6.54. The van der Waals surface area contributed by atoms with Gasteiger partial charge in [0.1, 0.15) is 13.2 Å². The van der Waals surface area contributed by atoms with Crippen molar-refractivity contribution in [2.45, 2.75) is 6.92 Å². The van der Waals surface area contributed by atoms with Crippen molar-refractivity contribution in [2.75, 3.05) is 13.2 Å². The third-order valence-electron chi connectivity index (χ3n) is 4.30. The fourth-order valence-electron chi connectivity index (χ4n) is 2.86. The first kappa shape index (κ1) is 16.1. The topological polar surface area (TPSA) is 59.9 Å². The average molecular weight is 346 g/mol. The van der Waals surface area contributed by atoms with E-state index in [0.717, 1.165) is 16.7 Å². The number of nitrogens with one attached hydrogen (secondary N) is 1. The number of fused-ring (bicyclic) bond motifs is 2. The predicted octanol–water partition coefficient (Wildman–Crippen LogP) is 3.77. The van der Waals surface area contributed by atoms with E-state index in [1.807, 2.05) is 31.2 Å². The van der Waals surface area contributed by atoms with E-state index in [0.29, 0.717) is 30.3 Å². The van der Waals surface area contributed by atoms with Gasteiger partial charge in [0, 0.05) is 5.56 Å². The van der Waals surface area contributed by atoms with Crippen LogP contribution in [-0.4, -0.2) is 24.8 Å². The van der Waals surface area contributed by atoms with Crippen molar-refractivity contribution < 1.29 is 14.3 Å². The van der Waals surface area contributed by atoms with Crippen LogP contribution in [-0.2, 0) is 0 Å². The van der Waals surface area contributed by atoms with Gasteiger partial charge in [-0.2, -0.15) is 5.10 Å². The molecule has 0 saturated heterocycles. The van der Waals surface area contributed by atoms with E-state index in [1.54, 1.807) is 18.2 Å². The number of hydrogen-bond acceptors (Lipinski definition) is 4.